The monoisotopic (exact) mass is 265 g/mol. The highest BCUT2D eigenvalue weighted by molar-refractivity contribution is 5.74. The highest BCUT2D eigenvalue weighted by Crippen LogP contribution is 2.28. The highest BCUT2D eigenvalue weighted by Gasteiger charge is 2.28. The van der Waals surface area contributed by atoms with Gasteiger partial charge in [-0.15, -0.1) is 0 Å². The Hall–Kier alpha value is -1.36. The van der Waals surface area contributed by atoms with E-state index in [-0.39, 0.29) is 12.0 Å². The van der Waals surface area contributed by atoms with E-state index in [1.165, 1.54) is 13.5 Å². The van der Waals surface area contributed by atoms with Gasteiger partial charge in [-0.1, -0.05) is 13.8 Å². The van der Waals surface area contributed by atoms with E-state index in [0.29, 0.717) is 12.0 Å². The smallest absolute Gasteiger partial charge is 0.328 e. The van der Waals surface area contributed by atoms with E-state index in [1.807, 2.05) is 10.8 Å². The number of hydrogen-bond acceptors (Lipinski definition) is 4. The molecule has 1 aliphatic heterocycles. The molecule has 1 aromatic heterocycles. The molecule has 0 aliphatic carbocycles. The lowest BCUT2D eigenvalue weighted by molar-refractivity contribution is -0.145. The molecule has 1 aromatic rings. The quantitative estimate of drug-likeness (QED) is 0.828. The molecule has 106 valence electrons. The molecule has 0 saturated carbocycles. The predicted molar refractivity (Wildman–Crippen MR) is 72.7 cm³/mol. The minimum Gasteiger partial charge on any atom is -0.467 e. The van der Waals surface area contributed by atoms with Crippen molar-refractivity contribution < 1.29 is 9.53 Å². The van der Waals surface area contributed by atoms with Gasteiger partial charge in [0.05, 0.1) is 19.1 Å². The number of methoxy groups -OCH3 is 1. The van der Waals surface area contributed by atoms with E-state index in [0.717, 1.165) is 25.1 Å². The number of carbonyl (C=O) groups is 1. The van der Waals surface area contributed by atoms with Gasteiger partial charge in [-0.3, -0.25) is 0 Å². The molecule has 1 fully saturated rings. The van der Waals surface area contributed by atoms with Crippen LogP contribution >= 0.6 is 0 Å². The number of esters is 1. The number of imidazole rings is 1. The molecule has 5 heteroatoms. The van der Waals surface area contributed by atoms with Crippen LogP contribution in [0.5, 0.6) is 0 Å². The SMILES string of the molecule is COC(=O)C(CC(C)C)n1cncc1C1CCCN1. The minimum atomic E-state index is -0.273. The normalized spacial score (nSPS) is 20.7. The zero-order chi connectivity index (χ0) is 13.8. The molecule has 1 N–H and O–H groups in total. The molecule has 1 saturated heterocycles. The molecular weight excluding hydrogens is 242 g/mol. The number of nitrogens with zero attached hydrogens (tertiary/aromatic N) is 2. The molecule has 0 radical (unpaired) electrons. The topological polar surface area (TPSA) is 56.2 Å². The van der Waals surface area contributed by atoms with Gasteiger partial charge in [-0.2, -0.15) is 0 Å². The van der Waals surface area contributed by atoms with Crippen LogP contribution in [0.4, 0.5) is 0 Å². The molecule has 2 heterocycles. The maximum Gasteiger partial charge on any atom is 0.328 e. The third kappa shape index (κ3) is 3.15. The summed E-state index contributed by atoms with van der Waals surface area (Å²) in [5, 5.41) is 3.45. The van der Waals surface area contributed by atoms with Crippen LogP contribution in [0.25, 0.3) is 0 Å². The summed E-state index contributed by atoms with van der Waals surface area (Å²) in [5.74, 6) is 0.238. The van der Waals surface area contributed by atoms with Gasteiger partial charge in [0.25, 0.3) is 0 Å². The average molecular weight is 265 g/mol. The number of nitrogens with one attached hydrogen (secondary N) is 1. The van der Waals surface area contributed by atoms with Crippen molar-refractivity contribution in [1.29, 1.82) is 0 Å². The number of rotatable bonds is 5. The Morgan fingerprint density at radius 2 is 2.42 bits per heavy atom. The molecule has 2 unspecified atom stereocenters. The maximum absolute atomic E-state index is 12.0. The Morgan fingerprint density at radius 1 is 1.63 bits per heavy atom. The molecule has 19 heavy (non-hydrogen) atoms. The molecule has 0 aromatic carbocycles. The fraction of sp³-hybridized carbons (Fsp3) is 0.714. The van der Waals surface area contributed by atoms with Gasteiger partial charge in [0.2, 0.25) is 0 Å². The summed E-state index contributed by atoms with van der Waals surface area (Å²) >= 11 is 0. The Kier molecular flexibility index (Phi) is 4.58. The van der Waals surface area contributed by atoms with Gasteiger partial charge in [0, 0.05) is 12.2 Å². The van der Waals surface area contributed by atoms with Crippen LogP contribution in [0.3, 0.4) is 0 Å². The zero-order valence-corrected chi connectivity index (χ0v) is 11.9. The molecule has 2 atom stereocenters. The van der Waals surface area contributed by atoms with Crippen molar-refractivity contribution in [1.82, 2.24) is 14.9 Å². The molecule has 2 rings (SSSR count). The number of carbonyl (C=O) groups excluding carboxylic acids is 1. The summed E-state index contributed by atoms with van der Waals surface area (Å²) in [5.41, 5.74) is 1.09. The molecule has 0 bridgehead atoms. The van der Waals surface area contributed by atoms with E-state index in [9.17, 15) is 4.79 Å². The van der Waals surface area contributed by atoms with Crippen molar-refractivity contribution in [3.63, 3.8) is 0 Å². The van der Waals surface area contributed by atoms with Gasteiger partial charge in [-0.05, 0) is 31.7 Å². The number of aromatic nitrogens is 2. The molecule has 0 amide bonds. The van der Waals surface area contributed by atoms with E-state index in [4.69, 9.17) is 4.74 Å². The second kappa shape index (κ2) is 6.19. The first-order chi connectivity index (χ1) is 9.13. The first kappa shape index (κ1) is 14.1. The summed E-state index contributed by atoms with van der Waals surface area (Å²) in [7, 11) is 1.44. The van der Waals surface area contributed by atoms with Crippen molar-refractivity contribution >= 4 is 5.97 Å². The van der Waals surface area contributed by atoms with Gasteiger partial charge in [-0.25, -0.2) is 9.78 Å². The van der Waals surface area contributed by atoms with Crippen LogP contribution in [0.2, 0.25) is 0 Å². The van der Waals surface area contributed by atoms with Gasteiger partial charge >= 0.3 is 5.97 Å². The third-order valence-electron chi connectivity index (χ3n) is 3.62. The summed E-state index contributed by atoms with van der Waals surface area (Å²) in [4.78, 5) is 16.2. The number of hydrogen-bond donors (Lipinski definition) is 1. The highest BCUT2D eigenvalue weighted by atomic mass is 16.5. The Bertz CT molecular complexity index is 422. The second-order valence-electron chi connectivity index (χ2n) is 5.54. The van der Waals surface area contributed by atoms with Crippen LogP contribution in [0.1, 0.15) is 50.9 Å². The predicted octanol–water partition coefficient (Wildman–Crippen LogP) is 2.07. The van der Waals surface area contributed by atoms with Crippen LogP contribution in [-0.4, -0.2) is 29.2 Å². The maximum atomic E-state index is 12.0. The Balaban J connectivity index is 2.25. The van der Waals surface area contributed by atoms with Gasteiger partial charge < -0.3 is 14.6 Å². The van der Waals surface area contributed by atoms with E-state index in [1.54, 1.807) is 6.33 Å². The van der Waals surface area contributed by atoms with Crippen LogP contribution in [-0.2, 0) is 9.53 Å². The molecule has 0 spiro atoms. The van der Waals surface area contributed by atoms with Gasteiger partial charge in [0.1, 0.15) is 6.04 Å². The molecule has 1 aliphatic rings. The molecule has 5 nitrogen and oxygen atoms in total. The fourth-order valence-corrected chi connectivity index (χ4v) is 2.69. The van der Waals surface area contributed by atoms with E-state index >= 15 is 0 Å². The summed E-state index contributed by atoms with van der Waals surface area (Å²) in [6.45, 7) is 5.25. The largest absolute Gasteiger partial charge is 0.467 e. The van der Waals surface area contributed by atoms with Crippen molar-refractivity contribution in [2.45, 2.75) is 45.2 Å². The third-order valence-corrected chi connectivity index (χ3v) is 3.62. The Morgan fingerprint density at radius 3 is 3.00 bits per heavy atom. The van der Waals surface area contributed by atoms with E-state index < -0.39 is 0 Å². The lowest BCUT2D eigenvalue weighted by atomic mass is 10.0. The first-order valence-corrected chi connectivity index (χ1v) is 6.96. The van der Waals surface area contributed by atoms with Crippen molar-refractivity contribution in [2.24, 2.45) is 5.92 Å². The van der Waals surface area contributed by atoms with E-state index in [2.05, 4.69) is 24.1 Å². The van der Waals surface area contributed by atoms with Crippen molar-refractivity contribution in [3.05, 3.63) is 18.2 Å². The lowest BCUT2D eigenvalue weighted by Crippen LogP contribution is -2.26. The van der Waals surface area contributed by atoms with Gasteiger partial charge in [0.15, 0.2) is 0 Å². The second-order valence-corrected chi connectivity index (χ2v) is 5.54. The fourth-order valence-electron chi connectivity index (χ4n) is 2.69. The minimum absolute atomic E-state index is 0.189. The van der Waals surface area contributed by atoms with Crippen molar-refractivity contribution in [2.75, 3.05) is 13.7 Å². The summed E-state index contributed by atoms with van der Waals surface area (Å²) < 4.78 is 6.93. The van der Waals surface area contributed by atoms with Crippen molar-refractivity contribution in [3.8, 4) is 0 Å². The average Bonchev–Trinajstić information content (AvgIpc) is 3.04. The van der Waals surface area contributed by atoms with Crippen LogP contribution < -0.4 is 5.32 Å². The first-order valence-electron chi connectivity index (χ1n) is 6.96. The number of ether oxygens (including phenoxy) is 1. The zero-order valence-electron chi connectivity index (χ0n) is 11.9. The standard InChI is InChI=1S/C14H23N3O2/c1-10(2)7-12(14(18)19-3)17-9-15-8-13(17)11-5-4-6-16-11/h8-12,16H,4-7H2,1-3H3. The summed E-state index contributed by atoms with van der Waals surface area (Å²) in [6, 6.07) is 0.0340. The summed E-state index contributed by atoms with van der Waals surface area (Å²) in [6.07, 6.45) is 6.64. The molecular formula is C14H23N3O2. The van der Waals surface area contributed by atoms with Crippen LogP contribution in [0.15, 0.2) is 12.5 Å². The van der Waals surface area contributed by atoms with Crippen LogP contribution in [0, 0.1) is 5.92 Å². The lowest BCUT2D eigenvalue weighted by Gasteiger charge is -2.22. The Labute approximate surface area is 114 Å².